The van der Waals surface area contributed by atoms with Gasteiger partial charge in [-0.1, -0.05) is 0 Å². The largest absolute Gasteiger partial charge is 0.497 e. The van der Waals surface area contributed by atoms with Crippen molar-refractivity contribution in [1.29, 1.82) is 0 Å². The van der Waals surface area contributed by atoms with Crippen LogP contribution >= 0.6 is 0 Å². The third kappa shape index (κ3) is 3.11. The summed E-state index contributed by atoms with van der Waals surface area (Å²) in [6, 6.07) is 4.64. The van der Waals surface area contributed by atoms with E-state index in [9.17, 15) is 9.59 Å². The lowest BCUT2D eigenvalue weighted by molar-refractivity contribution is 0.0482. The molecule has 108 valence electrons. The second-order valence-corrected chi connectivity index (χ2v) is 4.31. The van der Waals surface area contributed by atoms with Crippen LogP contribution in [-0.4, -0.2) is 50.3 Å². The molecule has 0 spiro atoms. The lowest BCUT2D eigenvalue weighted by Gasteiger charge is -2.14. The van der Waals surface area contributed by atoms with E-state index in [1.807, 2.05) is 0 Å². The molecule has 0 atom stereocenters. The number of hydrogen-bond acceptors (Lipinski definition) is 5. The topological polar surface area (TPSA) is 93.9 Å². The van der Waals surface area contributed by atoms with Crippen molar-refractivity contribution in [1.82, 2.24) is 10.2 Å². The maximum absolute atomic E-state index is 11.9. The molecule has 2 amide bonds. The minimum Gasteiger partial charge on any atom is -0.497 e. The van der Waals surface area contributed by atoms with Crippen molar-refractivity contribution in [3.63, 3.8) is 0 Å². The Morgan fingerprint density at radius 3 is 2.95 bits per heavy atom. The van der Waals surface area contributed by atoms with Gasteiger partial charge in [0.1, 0.15) is 12.4 Å². The first-order chi connectivity index (χ1) is 9.61. The molecule has 0 aromatic heterocycles. The van der Waals surface area contributed by atoms with Crippen LogP contribution in [0.5, 0.6) is 5.75 Å². The highest BCUT2D eigenvalue weighted by Gasteiger charge is 2.19. The molecule has 1 fully saturated rings. The van der Waals surface area contributed by atoms with E-state index < -0.39 is 5.97 Å². The first kappa shape index (κ1) is 14.0. The van der Waals surface area contributed by atoms with Crippen LogP contribution in [-0.2, 0) is 4.74 Å². The van der Waals surface area contributed by atoms with E-state index in [0.717, 1.165) is 0 Å². The summed E-state index contributed by atoms with van der Waals surface area (Å²) in [7, 11) is 1.51. The fourth-order valence-electron chi connectivity index (χ4n) is 1.89. The number of urea groups is 1. The number of amides is 2. The summed E-state index contributed by atoms with van der Waals surface area (Å²) in [5, 5.41) is 2.67. The highest BCUT2D eigenvalue weighted by molar-refractivity contribution is 5.95. The molecule has 1 heterocycles. The zero-order chi connectivity index (χ0) is 14.5. The predicted octanol–water partition coefficient (Wildman–Crippen LogP) is 0.459. The molecule has 7 heteroatoms. The Hall–Kier alpha value is -2.44. The molecule has 0 bridgehead atoms. The molecule has 1 aliphatic heterocycles. The molecule has 0 aliphatic carbocycles. The summed E-state index contributed by atoms with van der Waals surface area (Å²) in [5.74, 6) is 0.00563. The highest BCUT2D eigenvalue weighted by atomic mass is 16.5. The maximum atomic E-state index is 11.9. The minimum absolute atomic E-state index is 0.128. The van der Waals surface area contributed by atoms with Crippen LogP contribution in [0.2, 0.25) is 0 Å². The molecule has 1 aromatic rings. The van der Waals surface area contributed by atoms with Gasteiger partial charge in [-0.05, 0) is 18.2 Å². The van der Waals surface area contributed by atoms with Gasteiger partial charge < -0.3 is 25.4 Å². The van der Waals surface area contributed by atoms with Gasteiger partial charge >= 0.3 is 12.0 Å². The van der Waals surface area contributed by atoms with Crippen LogP contribution in [0.3, 0.4) is 0 Å². The molecule has 1 aliphatic rings. The van der Waals surface area contributed by atoms with Gasteiger partial charge in [0.2, 0.25) is 0 Å². The number of esters is 1. The quantitative estimate of drug-likeness (QED) is 0.603. The Bertz CT molecular complexity index is 518. The lowest BCUT2D eigenvalue weighted by atomic mass is 10.2. The monoisotopic (exact) mass is 279 g/mol. The highest BCUT2D eigenvalue weighted by Crippen LogP contribution is 2.20. The van der Waals surface area contributed by atoms with Crippen molar-refractivity contribution in [3.8, 4) is 5.75 Å². The van der Waals surface area contributed by atoms with E-state index in [-0.39, 0.29) is 18.2 Å². The Balaban J connectivity index is 1.90. The molecule has 3 N–H and O–H groups in total. The summed E-state index contributed by atoms with van der Waals surface area (Å²) in [5.41, 5.74) is 6.32. The smallest absolute Gasteiger partial charge is 0.340 e. The van der Waals surface area contributed by atoms with Gasteiger partial charge in [-0.3, -0.25) is 0 Å². The molecule has 20 heavy (non-hydrogen) atoms. The van der Waals surface area contributed by atoms with E-state index in [1.165, 1.54) is 13.2 Å². The van der Waals surface area contributed by atoms with Crippen molar-refractivity contribution >= 4 is 17.7 Å². The number of nitrogens with two attached hydrogens (primary N) is 1. The maximum Gasteiger partial charge on any atom is 0.340 e. The van der Waals surface area contributed by atoms with Gasteiger partial charge in [0, 0.05) is 18.8 Å². The van der Waals surface area contributed by atoms with Crippen molar-refractivity contribution in [3.05, 3.63) is 23.8 Å². The van der Waals surface area contributed by atoms with Crippen LogP contribution in [0.1, 0.15) is 10.4 Å². The van der Waals surface area contributed by atoms with Crippen LogP contribution in [0.4, 0.5) is 10.5 Å². The van der Waals surface area contributed by atoms with Gasteiger partial charge in [-0.25, -0.2) is 9.59 Å². The molecule has 0 saturated carbocycles. The standard InChI is InChI=1S/C13H17N3O4/c1-19-9-2-3-11(14)10(8-9)12(17)20-7-6-16-5-4-15-13(16)18/h2-3,8H,4-7,14H2,1H3,(H,15,18). The summed E-state index contributed by atoms with van der Waals surface area (Å²) in [6.07, 6.45) is 0. The Labute approximate surface area is 116 Å². The molecular weight excluding hydrogens is 262 g/mol. The number of nitrogens with one attached hydrogen (secondary N) is 1. The summed E-state index contributed by atoms with van der Waals surface area (Å²) in [6.45, 7) is 1.73. The number of benzene rings is 1. The summed E-state index contributed by atoms with van der Waals surface area (Å²) < 4.78 is 10.2. The molecule has 2 rings (SSSR count). The van der Waals surface area contributed by atoms with E-state index in [2.05, 4.69) is 5.32 Å². The van der Waals surface area contributed by atoms with E-state index in [0.29, 0.717) is 31.1 Å². The normalized spacial score (nSPS) is 14.1. The van der Waals surface area contributed by atoms with Crippen molar-refractivity contribution in [2.24, 2.45) is 0 Å². The molecule has 0 unspecified atom stereocenters. The fraction of sp³-hybridized carbons (Fsp3) is 0.385. The number of nitrogen functional groups attached to an aromatic ring is 1. The molecular formula is C13H17N3O4. The zero-order valence-corrected chi connectivity index (χ0v) is 11.2. The third-order valence-electron chi connectivity index (χ3n) is 3.02. The second kappa shape index (κ2) is 6.14. The van der Waals surface area contributed by atoms with Crippen LogP contribution in [0.25, 0.3) is 0 Å². The summed E-state index contributed by atoms with van der Waals surface area (Å²) >= 11 is 0. The number of rotatable bonds is 5. The fourth-order valence-corrected chi connectivity index (χ4v) is 1.89. The number of ether oxygens (including phenoxy) is 2. The van der Waals surface area contributed by atoms with Gasteiger partial charge in [0.25, 0.3) is 0 Å². The average Bonchev–Trinajstić information content (AvgIpc) is 2.85. The third-order valence-corrected chi connectivity index (χ3v) is 3.02. The number of carbonyl (C=O) groups excluding carboxylic acids is 2. The number of anilines is 1. The molecule has 1 saturated heterocycles. The number of hydrogen-bond donors (Lipinski definition) is 2. The van der Waals surface area contributed by atoms with Gasteiger partial charge in [-0.15, -0.1) is 0 Å². The van der Waals surface area contributed by atoms with Gasteiger partial charge in [-0.2, -0.15) is 0 Å². The Morgan fingerprint density at radius 1 is 1.50 bits per heavy atom. The first-order valence-corrected chi connectivity index (χ1v) is 6.25. The summed E-state index contributed by atoms with van der Waals surface area (Å²) in [4.78, 5) is 24.8. The van der Waals surface area contributed by atoms with Crippen molar-refractivity contribution in [2.45, 2.75) is 0 Å². The Morgan fingerprint density at radius 2 is 2.30 bits per heavy atom. The second-order valence-electron chi connectivity index (χ2n) is 4.31. The number of nitrogens with zero attached hydrogens (tertiary/aromatic N) is 1. The SMILES string of the molecule is COc1ccc(N)c(C(=O)OCCN2CCNC2=O)c1. The van der Waals surface area contributed by atoms with E-state index in [1.54, 1.807) is 17.0 Å². The average molecular weight is 279 g/mol. The predicted molar refractivity (Wildman–Crippen MR) is 72.7 cm³/mol. The van der Waals surface area contributed by atoms with E-state index in [4.69, 9.17) is 15.2 Å². The molecule has 1 aromatic carbocycles. The Kier molecular flexibility index (Phi) is 4.29. The van der Waals surface area contributed by atoms with Crippen molar-refractivity contribution in [2.75, 3.05) is 39.1 Å². The number of carbonyl (C=O) groups is 2. The zero-order valence-electron chi connectivity index (χ0n) is 11.2. The van der Waals surface area contributed by atoms with Crippen molar-refractivity contribution < 1.29 is 19.1 Å². The van der Waals surface area contributed by atoms with Crippen LogP contribution in [0, 0.1) is 0 Å². The first-order valence-electron chi connectivity index (χ1n) is 6.25. The van der Waals surface area contributed by atoms with Crippen LogP contribution < -0.4 is 15.8 Å². The van der Waals surface area contributed by atoms with Crippen LogP contribution in [0.15, 0.2) is 18.2 Å². The van der Waals surface area contributed by atoms with E-state index >= 15 is 0 Å². The molecule has 0 radical (unpaired) electrons. The lowest BCUT2D eigenvalue weighted by Crippen LogP contribution is -2.31. The minimum atomic E-state index is -0.527. The molecule has 7 nitrogen and oxygen atoms in total. The van der Waals surface area contributed by atoms with Gasteiger partial charge in [0.15, 0.2) is 0 Å². The van der Waals surface area contributed by atoms with Gasteiger partial charge in [0.05, 0.1) is 19.2 Å². The number of methoxy groups -OCH3 is 1.